The molecule has 0 unspecified atom stereocenters. The number of phosphoric acid groups is 1. The molecule has 0 rings (SSSR count). The predicted molar refractivity (Wildman–Crippen MR) is 38.6 cm³/mol. The van der Waals surface area contributed by atoms with Crippen LogP contribution in [0.15, 0.2) is 0 Å². The summed E-state index contributed by atoms with van der Waals surface area (Å²) in [7, 11) is -4.64. The molecule has 0 radical (unpaired) electrons. The van der Waals surface area contributed by atoms with Crippen LogP contribution in [-0.4, -0.2) is 90.2 Å². The fraction of sp³-hybridized carbons (Fsp3) is 0. The molecule has 0 bridgehead atoms. The van der Waals surface area contributed by atoms with Crippen LogP contribution < -0.4 is 51.4 Å². The largest absolute Gasteiger partial charge is 2.00 e. The molecule has 3 N–H and O–H groups in total. The van der Waals surface area contributed by atoms with E-state index in [1.54, 1.807) is 0 Å². The van der Waals surface area contributed by atoms with Gasteiger partial charge in [0.1, 0.15) is 0 Å². The molecular formula is H9Ca2ClKO4P. The first-order valence-corrected chi connectivity index (χ1v) is 2.35. The van der Waals surface area contributed by atoms with Crippen LogP contribution in [0.2, 0.25) is 0 Å². The first-order valence-electron chi connectivity index (χ1n) is 0.783. The minimum absolute atomic E-state index is 0. The van der Waals surface area contributed by atoms with Gasteiger partial charge in [-0.2, -0.15) is 0 Å². The summed E-state index contributed by atoms with van der Waals surface area (Å²) < 4.78 is 8.88. The van der Waals surface area contributed by atoms with E-state index < -0.39 is 7.82 Å². The summed E-state index contributed by atoms with van der Waals surface area (Å²) in [6, 6.07) is 0. The average molecular weight is 259 g/mol. The van der Waals surface area contributed by atoms with Crippen molar-refractivity contribution in [2.24, 2.45) is 0 Å². The van der Waals surface area contributed by atoms with Gasteiger partial charge in [-0.25, -0.2) is 4.57 Å². The Morgan fingerprint density at radius 2 is 1.11 bits per heavy atom. The van der Waals surface area contributed by atoms with Crippen LogP contribution in [0.1, 0.15) is 7.13 Å². The zero-order valence-electron chi connectivity index (χ0n) is 10.0. The second-order valence-electron chi connectivity index (χ2n) is 0.513. The Bertz CT molecular complexity index is 77.9. The number of hydrogen-bond donors (Lipinski definition) is 3. The standard InChI is InChI=1S/2Ca.ClH.K.H3O4P.5H/c;;;;1-5(2,3)4;;;;;/h;;1H;;(H3,1,2,3,4);;;;;/q2*+2;;+1;;5*-1. The summed E-state index contributed by atoms with van der Waals surface area (Å²) in [4.78, 5) is 21.6. The Hall–Kier alpha value is 4.56. The van der Waals surface area contributed by atoms with Crippen LogP contribution in [0.25, 0.3) is 0 Å². The molecule has 9 heteroatoms. The van der Waals surface area contributed by atoms with Gasteiger partial charge >= 0.3 is 135 Å². The van der Waals surface area contributed by atoms with E-state index in [0.717, 1.165) is 0 Å². The van der Waals surface area contributed by atoms with E-state index in [1.165, 1.54) is 0 Å². The number of halogens is 1. The van der Waals surface area contributed by atoms with Gasteiger partial charge in [-0.05, 0) is 0 Å². The van der Waals surface area contributed by atoms with Crippen molar-refractivity contribution in [2.45, 2.75) is 0 Å². The van der Waals surface area contributed by atoms with Crippen LogP contribution in [0, 0.1) is 0 Å². The second-order valence-corrected chi connectivity index (χ2v) is 1.54. The summed E-state index contributed by atoms with van der Waals surface area (Å²) in [6.07, 6.45) is 0. The SMILES string of the molecule is Cl.O=P(O)(O)O.[Ca+2].[Ca+2].[H-].[H-].[H-].[H-].[H-].[K+]. The fourth-order valence-electron chi connectivity index (χ4n) is 0. The minimum atomic E-state index is -4.64. The van der Waals surface area contributed by atoms with Gasteiger partial charge in [0, 0.05) is 0 Å². The summed E-state index contributed by atoms with van der Waals surface area (Å²) >= 11 is 0. The third-order valence-electron chi connectivity index (χ3n) is 0. The third-order valence-corrected chi connectivity index (χ3v) is 0. The smallest absolute Gasteiger partial charge is 1.00 e. The van der Waals surface area contributed by atoms with Crippen molar-refractivity contribution >= 4 is 95.7 Å². The number of rotatable bonds is 0. The molecule has 0 aromatic heterocycles. The van der Waals surface area contributed by atoms with Crippen LogP contribution in [0.4, 0.5) is 0 Å². The molecule has 0 saturated carbocycles. The summed E-state index contributed by atoms with van der Waals surface area (Å²) in [5.74, 6) is 0. The van der Waals surface area contributed by atoms with Crippen molar-refractivity contribution in [3.8, 4) is 0 Å². The Labute approximate surface area is 169 Å². The molecule has 0 atom stereocenters. The van der Waals surface area contributed by atoms with Crippen LogP contribution in [-0.2, 0) is 4.57 Å². The van der Waals surface area contributed by atoms with Gasteiger partial charge in [0.15, 0.2) is 0 Å². The summed E-state index contributed by atoms with van der Waals surface area (Å²) in [5.41, 5.74) is 0. The van der Waals surface area contributed by atoms with E-state index in [4.69, 9.17) is 19.2 Å². The van der Waals surface area contributed by atoms with Gasteiger partial charge < -0.3 is 21.8 Å². The van der Waals surface area contributed by atoms with E-state index in [0.29, 0.717) is 0 Å². The molecule has 0 aliphatic carbocycles. The van der Waals surface area contributed by atoms with Crippen LogP contribution in [0.3, 0.4) is 0 Å². The normalized spacial score (nSPS) is 6.56. The van der Waals surface area contributed by atoms with Gasteiger partial charge in [0.05, 0.1) is 0 Å². The van der Waals surface area contributed by atoms with Gasteiger partial charge in [-0.3, -0.25) is 0 Å². The van der Waals surface area contributed by atoms with Gasteiger partial charge in [0.25, 0.3) is 0 Å². The quantitative estimate of drug-likeness (QED) is 0.309. The average Bonchev–Trinajstić information content (AvgIpc) is 0.722. The second kappa shape index (κ2) is 15.0. The van der Waals surface area contributed by atoms with Crippen LogP contribution >= 0.6 is 20.2 Å². The third kappa shape index (κ3) is 67.4. The molecule has 0 aliphatic heterocycles. The molecule has 50 valence electrons. The van der Waals surface area contributed by atoms with Crippen molar-refractivity contribution in [1.29, 1.82) is 0 Å². The maximum Gasteiger partial charge on any atom is 2.00 e. The van der Waals surface area contributed by atoms with Crippen molar-refractivity contribution in [2.75, 3.05) is 0 Å². The molecule has 9 heavy (non-hydrogen) atoms. The number of hydrogen-bond acceptors (Lipinski definition) is 1. The molecule has 0 aliphatic rings. The zero-order valence-corrected chi connectivity index (χ0v) is 14.3. The molecule has 0 aromatic rings. The maximum atomic E-state index is 8.88. The van der Waals surface area contributed by atoms with Crippen molar-refractivity contribution < 1.29 is 77.8 Å². The topological polar surface area (TPSA) is 77.8 Å². The van der Waals surface area contributed by atoms with E-state index in [2.05, 4.69) is 0 Å². The first kappa shape index (κ1) is 29.2. The van der Waals surface area contributed by atoms with Crippen LogP contribution in [0.5, 0.6) is 0 Å². The fourth-order valence-corrected chi connectivity index (χ4v) is 0. The summed E-state index contributed by atoms with van der Waals surface area (Å²) in [6.45, 7) is 0. The van der Waals surface area contributed by atoms with E-state index in [9.17, 15) is 0 Å². The van der Waals surface area contributed by atoms with E-state index in [-0.39, 0.29) is 146 Å². The van der Waals surface area contributed by atoms with E-state index in [1.807, 2.05) is 0 Å². The molecular weight excluding hydrogens is 250 g/mol. The molecule has 4 nitrogen and oxygen atoms in total. The molecule has 0 aromatic carbocycles. The first-order chi connectivity index (χ1) is 2.00. The minimum Gasteiger partial charge on any atom is -1.00 e. The van der Waals surface area contributed by atoms with Crippen molar-refractivity contribution in [1.82, 2.24) is 0 Å². The maximum absolute atomic E-state index is 8.88. The Morgan fingerprint density at radius 3 is 1.11 bits per heavy atom. The van der Waals surface area contributed by atoms with Gasteiger partial charge in [-0.15, -0.1) is 12.4 Å². The Balaban J connectivity index is -0.00000000222. The van der Waals surface area contributed by atoms with E-state index >= 15 is 0 Å². The molecule has 0 amide bonds. The summed E-state index contributed by atoms with van der Waals surface area (Å²) in [5, 5.41) is 0. The zero-order chi connectivity index (χ0) is 4.50. The molecule has 0 spiro atoms. The molecule has 0 heterocycles. The van der Waals surface area contributed by atoms with Gasteiger partial charge in [0.2, 0.25) is 0 Å². The van der Waals surface area contributed by atoms with Crippen molar-refractivity contribution in [3.63, 3.8) is 0 Å². The Kier molecular flexibility index (Phi) is 48.8. The molecule has 0 fully saturated rings. The molecule has 0 saturated heterocycles. The van der Waals surface area contributed by atoms with Gasteiger partial charge in [-0.1, -0.05) is 0 Å². The van der Waals surface area contributed by atoms with Crippen molar-refractivity contribution in [3.05, 3.63) is 0 Å². The monoisotopic (exact) mass is 258 g/mol. The Morgan fingerprint density at radius 1 is 1.11 bits per heavy atom. The predicted octanol–water partition coefficient (Wildman–Crippen LogP) is -3.70.